The number of benzene rings is 1. The summed E-state index contributed by atoms with van der Waals surface area (Å²) >= 11 is 0. The Morgan fingerprint density at radius 1 is 1.33 bits per heavy atom. The predicted molar refractivity (Wildman–Crippen MR) is 82.9 cm³/mol. The van der Waals surface area contributed by atoms with Crippen molar-refractivity contribution in [2.45, 2.75) is 45.1 Å². The van der Waals surface area contributed by atoms with Gasteiger partial charge in [-0.3, -0.25) is 4.79 Å². The number of hydrogen-bond donors (Lipinski definition) is 1. The summed E-state index contributed by atoms with van der Waals surface area (Å²) in [4.78, 5) is 14.4. The minimum Gasteiger partial charge on any atom is -0.352 e. The maximum Gasteiger partial charge on any atom is 0.251 e. The molecule has 1 N–H and O–H groups in total. The molecule has 2 rings (SSSR count). The number of nitrogens with one attached hydrogen (secondary N) is 1. The normalized spacial score (nSPS) is 19.4. The van der Waals surface area contributed by atoms with Crippen molar-refractivity contribution >= 4 is 5.91 Å². The Bertz CT molecular complexity index is 447. The summed E-state index contributed by atoms with van der Waals surface area (Å²) in [6, 6.07) is 6.37. The smallest absolute Gasteiger partial charge is 0.251 e. The Labute approximate surface area is 126 Å². The number of carbonyl (C=O) groups is 1. The van der Waals surface area contributed by atoms with Crippen LogP contribution in [0, 0.1) is 5.82 Å². The fourth-order valence-electron chi connectivity index (χ4n) is 3.00. The summed E-state index contributed by atoms with van der Waals surface area (Å²) < 4.78 is 12.8. The Morgan fingerprint density at radius 2 is 2.10 bits per heavy atom. The molecule has 0 bridgehead atoms. The van der Waals surface area contributed by atoms with E-state index in [1.54, 1.807) is 0 Å². The lowest BCUT2D eigenvalue weighted by atomic mass is 10.00. The van der Waals surface area contributed by atoms with Crippen LogP contribution < -0.4 is 5.32 Å². The molecule has 3 nitrogen and oxygen atoms in total. The van der Waals surface area contributed by atoms with Crippen LogP contribution in [0.1, 0.15) is 49.4 Å². The molecule has 1 fully saturated rings. The van der Waals surface area contributed by atoms with Gasteiger partial charge in [0.1, 0.15) is 5.82 Å². The maximum absolute atomic E-state index is 12.8. The van der Waals surface area contributed by atoms with Crippen LogP contribution in [0.2, 0.25) is 0 Å². The van der Waals surface area contributed by atoms with Gasteiger partial charge in [-0.15, -0.1) is 0 Å². The van der Waals surface area contributed by atoms with Gasteiger partial charge < -0.3 is 10.2 Å². The minimum atomic E-state index is -0.317. The van der Waals surface area contributed by atoms with E-state index in [0.717, 1.165) is 13.0 Å². The quantitative estimate of drug-likeness (QED) is 0.817. The van der Waals surface area contributed by atoms with E-state index in [4.69, 9.17) is 0 Å². The van der Waals surface area contributed by atoms with Gasteiger partial charge in [0.2, 0.25) is 0 Å². The summed E-state index contributed by atoms with van der Waals surface area (Å²) in [6.45, 7) is 5.15. The molecule has 1 aromatic rings. The topological polar surface area (TPSA) is 32.3 Å². The van der Waals surface area contributed by atoms with Gasteiger partial charge >= 0.3 is 0 Å². The summed E-state index contributed by atoms with van der Waals surface area (Å²) in [5.41, 5.74) is 0.515. The summed E-state index contributed by atoms with van der Waals surface area (Å²) in [7, 11) is 0. The molecule has 4 heteroatoms. The summed E-state index contributed by atoms with van der Waals surface area (Å²) in [6.07, 6.45) is 6.11. The first-order valence-corrected chi connectivity index (χ1v) is 7.98. The standard InChI is InChI=1S/C17H25FN2O/c1-2-16-6-3-4-12-20(16)13-5-11-19-17(21)14-7-9-15(18)10-8-14/h7-10,16H,2-6,11-13H2,1H3,(H,19,21)/t16-/m1/s1. The van der Waals surface area contributed by atoms with Crippen LogP contribution in [0.3, 0.4) is 0 Å². The maximum atomic E-state index is 12.8. The van der Waals surface area contributed by atoms with Crippen LogP contribution >= 0.6 is 0 Å². The molecular formula is C17H25FN2O. The molecule has 1 saturated heterocycles. The monoisotopic (exact) mass is 292 g/mol. The van der Waals surface area contributed by atoms with Crippen molar-refractivity contribution in [3.05, 3.63) is 35.6 Å². The van der Waals surface area contributed by atoms with Crippen molar-refractivity contribution in [2.24, 2.45) is 0 Å². The van der Waals surface area contributed by atoms with Gasteiger partial charge in [-0.1, -0.05) is 13.3 Å². The van der Waals surface area contributed by atoms with Gasteiger partial charge in [-0.05, 0) is 56.5 Å². The fourth-order valence-corrected chi connectivity index (χ4v) is 3.00. The fraction of sp³-hybridized carbons (Fsp3) is 0.588. The highest BCUT2D eigenvalue weighted by Crippen LogP contribution is 2.19. The lowest BCUT2D eigenvalue weighted by molar-refractivity contribution is 0.0947. The Kier molecular flexibility index (Phi) is 6.18. The van der Waals surface area contributed by atoms with Gasteiger partial charge in [0, 0.05) is 24.7 Å². The van der Waals surface area contributed by atoms with Crippen molar-refractivity contribution in [3.63, 3.8) is 0 Å². The van der Waals surface area contributed by atoms with Gasteiger partial charge in [-0.2, -0.15) is 0 Å². The summed E-state index contributed by atoms with van der Waals surface area (Å²) in [5.74, 6) is -0.442. The highest BCUT2D eigenvalue weighted by atomic mass is 19.1. The lowest BCUT2D eigenvalue weighted by Gasteiger charge is -2.35. The van der Waals surface area contributed by atoms with Gasteiger partial charge in [0.15, 0.2) is 0 Å². The SMILES string of the molecule is CC[C@@H]1CCCCN1CCCNC(=O)c1ccc(F)cc1. The van der Waals surface area contributed by atoms with E-state index in [2.05, 4.69) is 17.1 Å². The molecule has 0 spiro atoms. The zero-order valence-electron chi connectivity index (χ0n) is 12.8. The second-order valence-corrected chi connectivity index (χ2v) is 5.71. The first-order valence-electron chi connectivity index (χ1n) is 7.98. The molecule has 116 valence electrons. The Hall–Kier alpha value is -1.42. The largest absolute Gasteiger partial charge is 0.352 e. The zero-order chi connectivity index (χ0) is 15.1. The predicted octanol–water partition coefficient (Wildman–Crippen LogP) is 3.21. The van der Waals surface area contributed by atoms with Crippen LogP contribution in [0.15, 0.2) is 24.3 Å². The average Bonchev–Trinajstić information content (AvgIpc) is 2.52. The van der Waals surface area contributed by atoms with E-state index >= 15 is 0 Å². The number of carbonyl (C=O) groups excluding carboxylic acids is 1. The van der Waals surface area contributed by atoms with Crippen molar-refractivity contribution < 1.29 is 9.18 Å². The van der Waals surface area contributed by atoms with E-state index < -0.39 is 0 Å². The third-order valence-electron chi connectivity index (χ3n) is 4.23. The van der Waals surface area contributed by atoms with Crippen LogP contribution in [0.25, 0.3) is 0 Å². The molecule has 0 saturated carbocycles. The Morgan fingerprint density at radius 3 is 2.81 bits per heavy atom. The van der Waals surface area contributed by atoms with E-state index in [1.807, 2.05) is 0 Å². The molecule has 1 atom stereocenters. The molecule has 0 aliphatic carbocycles. The molecule has 0 aromatic heterocycles. The molecule has 1 heterocycles. The minimum absolute atomic E-state index is 0.124. The molecule has 0 radical (unpaired) electrons. The second-order valence-electron chi connectivity index (χ2n) is 5.71. The zero-order valence-corrected chi connectivity index (χ0v) is 12.8. The number of halogens is 1. The van der Waals surface area contributed by atoms with Crippen molar-refractivity contribution in [3.8, 4) is 0 Å². The molecule has 0 unspecified atom stereocenters. The lowest BCUT2D eigenvalue weighted by Crippen LogP contribution is -2.40. The third-order valence-corrected chi connectivity index (χ3v) is 4.23. The number of piperidine rings is 1. The van der Waals surface area contributed by atoms with Gasteiger partial charge in [0.25, 0.3) is 5.91 Å². The van der Waals surface area contributed by atoms with Crippen LogP contribution in [-0.4, -0.2) is 36.5 Å². The molecule has 21 heavy (non-hydrogen) atoms. The highest BCUT2D eigenvalue weighted by molar-refractivity contribution is 5.94. The number of amides is 1. The second kappa shape index (κ2) is 8.13. The van der Waals surface area contributed by atoms with E-state index in [-0.39, 0.29) is 11.7 Å². The van der Waals surface area contributed by atoms with Crippen LogP contribution in [0.4, 0.5) is 4.39 Å². The van der Waals surface area contributed by atoms with Crippen molar-refractivity contribution in [1.29, 1.82) is 0 Å². The third kappa shape index (κ3) is 4.81. The molecule has 1 aromatic carbocycles. The van der Waals surface area contributed by atoms with E-state index in [1.165, 1.54) is 56.5 Å². The van der Waals surface area contributed by atoms with Crippen LogP contribution in [-0.2, 0) is 0 Å². The first kappa shape index (κ1) is 16.0. The molecule has 1 aliphatic heterocycles. The van der Waals surface area contributed by atoms with Gasteiger partial charge in [-0.25, -0.2) is 4.39 Å². The van der Waals surface area contributed by atoms with Crippen molar-refractivity contribution in [2.75, 3.05) is 19.6 Å². The Balaban J connectivity index is 1.69. The highest BCUT2D eigenvalue weighted by Gasteiger charge is 2.19. The number of likely N-dealkylation sites (tertiary alicyclic amines) is 1. The van der Waals surface area contributed by atoms with E-state index in [0.29, 0.717) is 18.2 Å². The average molecular weight is 292 g/mol. The number of rotatable bonds is 6. The van der Waals surface area contributed by atoms with Crippen LogP contribution in [0.5, 0.6) is 0 Å². The molecule has 1 aliphatic rings. The van der Waals surface area contributed by atoms with Crippen molar-refractivity contribution in [1.82, 2.24) is 10.2 Å². The first-order chi connectivity index (χ1) is 10.2. The van der Waals surface area contributed by atoms with E-state index in [9.17, 15) is 9.18 Å². The molecular weight excluding hydrogens is 267 g/mol. The number of nitrogens with zero attached hydrogens (tertiary/aromatic N) is 1. The van der Waals surface area contributed by atoms with Gasteiger partial charge in [0.05, 0.1) is 0 Å². The molecule has 1 amide bonds. The number of hydrogen-bond acceptors (Lipinski definition) is 2. The summed E-state index contributed by atoms with van der Waals surface area (Å²) in [5, 5.41) is 2.90.